The van der Waals surface area contributed by atoms with Crippen LogP contribution in [0.3, 0.4) is 0 Å². The fourth-order valence-corrected chi connectivity index (χ4v) is 1.94. The molecule has 3 aromatic rings. The SMILES string of the molecule is Fc1ccc(Nc2nncc(NCc3ccccc3)n2)c(F)c1. The molecule has 7 heteroatoms. The summed E-state index contributed by atoms with van der Waals surface area (Å²) in [5, 5.41) is 13.4. The molecule has 2 N–H and O–H groups in total. The van der Waals surface area contributed by atoms with Crippen LogP contribution in [0.4, 0.5) is 26.2 Å². The summed E-state index contributed by atoms with van der Waals surface area (Å²) in [6.07, 6.45) is 1.47. The van der Waals surface area contributed by atoms with Gasteiger partial charge in [0.25, 0.3) is 0 Å². The van der Waals surface area contributed by atoms with E-state index in [2.05, 4.69) is 25.8 Å². The van der Waals surface area contributed by atoms with Crippen LogP contribution < -0.4 is 10.6 Å². The van der Waals surface area contributed by atoms with Crippen molar-refractivity contribution in [1.82, 2.24) is 15.2 Å². The summed E-state index contributed by atoms with van der Waals surface area (Å²) >= 11 is 0. The van der Waals surface area contributed by atoms with Gasteiger partial charge in [-0.3, -0.25) is 0 Å². The molecule has 0 spiro atoms. The second kappa shape index (κ2) is 6.78. The van der Waals surface area contributed by atoms with Gasteiger partial charge in [0.2, 0.25) is 5.95 Å². The maximum Gasteiger partial charge on any atom is 0.249 e. The van der Waals surface area contributed by atoms with E-state index in [0.717, 1.165) is 17.7 Å². The molecule has 3 rings (SSSR count). The first-order valence-electron chi connectivity index (χ1n) is 6.90. The zero-order valence-electron chi connectivity index (χ0n) is 12.0. The fourth-order valence-electron chi connectivity index (χ4n) is 1.94. The van der Waals surface area contributed by atoms with Crippen molar-refractivity contribution in [3.05, 3.63) is 71.9 Å². The maximum absolute atomic E-state index is 13.6. The summed E-state index contributed by atoms with van der Waals surface area (Å²) in [5.74, 6) is -0.760. The van der Waals surface area contributed by atoms with Gasteiger partial charge in [-0.15, -0.1) is 5.10 Å². The van der Waals surface area contributed by atoms with E-state index in [-0.39, 0.29) is 11.6 Å². The maximum atomic E-state index is 13.6. The number of anilines is 3. The van der Waals surface area contributed by atoms with E-state index >= 15 is 0 Å². The van der Waals surface area contributed by atoms with E-state index in [9.17, 15) is 8.78 Å². The van der Waals surface area contributed by atoms with E-state index in [4.69, 9.17) is 0 Å². The van der Waals surface area contributed by atoms with Crippen molar-refractivity contribution in [2.75, 3.05) is 10.6 Å². The van der Waals surface area contributed by atoms with Crippen LogP contribution in [-0.4, -0.2) is 15.2 Å². The van der Waals surface area contributed by atoms with Crippen LogP contribution >= 0.6 is 0 Å². The van der Waals surface area contributed by atoms with Gasteiger partial charge in [0.15, 0.2) is 5.82 Å². The highest BCUT2D eigenvalue weighted by Gasteiger charge is 2.07. The molecular weight excluding hydrogens is 300 g/mol. The fraction of sp³-hybridized carbons (Fsp3) is 0.0625. The molecule has 0 unspecified atom stereocenters. The third kappa shape index (κ3) is 3.97. The number of aromatic nitrogens is 3. The average molecular weight is 313 g/mol. The van der Waals surface area contributed by atoms with Gasteiger partial charge in [-0.1, -0.05) is 30.3 Å². The van der Waals surface area contributed by atoms with Crippen LogP contribution in [0, 0.1) is 11.6 Å². The highest BCUT2D eigenvalue weighted by Crippen LogP contribution is 2.18. The molecule has 116 valence electrons. The van der Waals surface area contributed by atoms with Crippen LogP contribution in [-0.2, 0) is 6.54 Å². The molecule has 0 atom stereocenters. The Bertz CT molecular complexity index is 795. The number of benzene rings is 2. The second-order valence-electron chi connectivity index (χ2n) is 4.75. The number of hydrogen-bond donors (Lipinski definition) is 2. The minimum atomic E-state index is -0.726. The lowest BCUT2D eigenvalue weighted by molar-refractivity contribution is 0.586. The summed E-state index contributed by atoms with van der Waals surface area (Å²) in [4.78, 5) is 4.19. The van der Waals surface area contributed by atoms with Gasteiger partial charge >= 0.3 is 0 Å². The third-order valence-electron chi connectivity index (χ3n) is 3.05. The molecule has 0 aliphatic heterocycles. The van der Waals surface area contributed by atoms with Crippen molar-refractivity contribution in [2.24, 2.45) is 0 Å². The molecule has 0 fully saturated rings. The van der Waals surface area contributed by atoms with Crippen LogP contribution in [0.15, 0.2) is 54.7 Å². The summed E-state index contributed by atoms with van der Waals surface area (Å²) < 4.78 is 26.5. The Balaban J connectivity index is 1.69. The minimum absolute atomic E-state index is 0.0772. The molecule has 1 aromatic heterocycles. The second-order valence-corrected chi connectivity index (χ2v) is 4.75. The van der Waals surface area contributed by atoms with E-state index in [1.54, 1.807) is 0 Å². The van der Waals surface area contributed by atoms with Crippen molar-refractivity contribution >= 4 is 17.5 Å². The lowest BCUT2D eigenvalue weighted by atomic mass is 10.2. The number of halogens is 2. The molecule has 5 nitrogen and oxygen atoms in total. The van der Waals surface area contributed by atoms with Crippen molar-refractivity contribution in [3.63, 3.8) is 0 Å². The highest BCUT2D eigenvalue weighted by atomic mass is 19.1. The topological polar surface area (TPSA) is 62.7 Å². The van der Waals surface area contributed by atoms with Crippen molar-refractivity contribution in [2.45, 2.75) is 6.54 Å². The molecule has 0 saturated carbocycles. The Labute approximate surface area is 131 Å². The standard InChI is InChI=1S/C16H13F2N5/c17-12-6-7-14(13(18)8-12)21-16-22-15(10-20-23-16)19-9-11-4-2-1-3-5-11/h1-8,10H,9H2,(H2,19,21,22,23). The van der Waals surface area contributed by atoms with Crippen LogP contribution in [0.5, 0.6) is 0 Å². The Hall–Kier alpha value is -3.09. The third-order valence-corrected chi connectivity index (χ3v) is 3.05. The zero-order valence-corrected chi connectivity index (χ0v) is 12.0. The van der Waals surface area contributed by atoms with E-state index in [1.165, 1.54) is 12.3 Å². The van der Waals surface area contributed by atoms with Gasteiger partial charge in [0, 0.05) is 12.6 Å². The molecule has 2 aromatic carbocycles. The van der Waals surface area contributed by atoms with E-state index < -0.39 is 11.6 Å². The quantitative estimate of drug-likeness (QED) is 0.755. The first kappa shape index (κ1) is 14.8. The first-order chi connectivity index (χ1) is 11.2. The first-order valence-corrected chi connectivity index (χ1v) is 6.90. The summed E-state index contributed by atoms with van der Waals surface area (Å²) in [6, 6.07) is 13.0. The van der Waals surface area contributed by atoms with Gasteiger partial charge in [0.05, 0.1) is 11.9 Å². The van der Waals surface area contributed by atoms with Gasteiger partial charge < -0.3 is 10.6 Å². The van der Waals surface area contributed by atoms with Crippen molar-refractivity contribution in [3.8, 4) is 0 Å². The summed E-state index contributed by atoms with van der Waals surface area (Å²) in [6.45, 7) is 0.573. The van der Waals surface area contributed by atoms with Crippen LogP contribution in [0.1, 0.15) is 5.56 Å². The zero-order chi connectivity index (χ0) is 16.1. The molecular formula is C16H13F2N5. The smallest absolute Gasteiger partial charge is 0.249 e. The predicted molar refractivity (Wildman–Crippen MR) is 83.2 cm³/mol. The predicted octanol–water partition coefficient (Wildman–Crippen LogP) is 3.51. The summed E-state index contributed by atoms with van der Waals surface area (Å²) in [7, 11) is 0. The average Bonchev–Trinajstić information content (AvgIpc) is 2.57. The molecule has 0 amide bonds. The lowest BCUT2D eigenvalue weighted by Crippen LogP contribution is -2.06. The van der Waals surface area contributed by atoms with Crippen molar-refractivity contribution in [1.29, 1.82) is 0 Å². The Morgan fingerprint density at radius 2 is 1.83 bits per heavy atom. The molecule has 0 aliphatic rings. The molecule has 23 heavy (non-hydrogen) atoms. The molecule has 1 heterocycles. The molecule has 0 aliphatic carbocycles. The molecule has 0 bridgehead atoms. The Kier molecular flexibility index (Phi) is 4.37. The Morgan fingerprint density at radius 3 is 2.61 bits per heavy atom. The van der Waals surface area contributed by atoms with E-state index in [1.807, 2.05) is 30.3 Å². The minimum Gasteiger partial charge on any atom is -0.365 e. The van der Waals surface area contributed by atoms with Gasteiger partial charge in [-0.2, -0.15) is 10.1 Å². The Morgan fingerprint density at radius 1 is 1.00 bits per heavy atom. The highest BCUT2D eigenvalue weighted by molar-refractivity contribution is 5.54. The molecule has 0 radical (unpaired) electrons. The number of nitrogens with one attached hydrogen (secondary N) is 2. The lowest BCUT2D eigenvalue weighted by Gasteiger charge is -2.08. The number of hydrogen-bond acceptors (Lipinski definition) is 5. The van der Waals surface area contributed by atoms with Crippen molar-refractivity contribution < 1.29 is 8.78 Å². The van der Waals surface area contributed by atoms with Gasteiger partial charge in [-0.05, 0) is 17.7 Å². The number of nitrogens with zero attached hydrogens (tertiary/aromatic N) is 3. The van der Waals surface area contributed by atoms with Gasteiger partial charge in [-0.25, -0.2) is 8.78 Å². The monoisotopic (exact) mass is 313 g/mol. The van der Waals surface area contributed by atoms with Gasteiger partial charge in [0.1, 0.15) is 11.6 Å². The molecule has 0 saturated heterocycles. The summed E-state index contributed by atoms with van der Waals surface area (Å²) in [5.41, 5.74) is 1.17. The van der Waals surface area contributed by atoms with Crippen LogP contribution in [0.25, 0.3) is 0 Å². The van der Waals surface area contributed by atoms with Crippen LogP contribution in [0.2, 0.25) is 0 Å². The number of rotatable bonds is 5. The normalized spacial score (nSPS) is 10.3. The van der Waals surface area contributed by atoms with E-state index in [0.29, 0.717) is 12.4 Å². The largest absolute Gasteiger partial charge is 0.365 e.